The Morgan fingerprint density at radius 1 is 1.26 bits per heavy atom. The summed E-state index contributed by atoms with van der Waals surface area (Å²) in [7, 11) is 0. The fraction of sp³-hybridized carbons (Fsp3) is 0.125. The molecule has 0 fully saturated rings. The van der Waals surface area contributed by atoms with E-state index < -0.39 is 0 Å². The van der Waals surface area contributed by atoms with Crippen LogP contribution in [0.1, 0.15) is 5.56 Å². The number of nitrogens with one attached hydrogen (secondary N) is 1. The van der Waals surface area contributed by atoms with Crippen LogP contribution in [0.5, 0.6) is 0 Å². The van der Waals surface area contributed by atoms with Crippen molar-refractivity contribution in [1.82, 2.24) is 15.0 Å². The Hall–Kier alpha value is -2.29. The number of amides is 1. The van der Waals surface area contributed by atoms with Gasteiger partial charge < -0.3 is 5.32 Å². The molecular formula is C16H13IN4O2. The average molecular weight is 420 g/mol. The average Bonchev–Trinajstić information content (AvgIpc) is 2.53. The Balaban J connectivity index is 1.83. The maximum atomic E-state index is 12.3. The molecule has 1 amide bonds. The number of fused-ring (bicyclic) bond motifs is 1. The third-order valence-electron chi connectivity index (χ3n) is 3.39. The SMILES string of the molecule is Cc1cc(I)ccc1NC(=O)Cn1nnc2ccccc2c1=O. The largest absolute Gasteiger partial charge is 0.324 e. The topological polar surface area (TPSA) is 76.9 Å². The van der Waals surface area contributed by atoms with Gasteiger partial charge >= 0.3 is 0 Å². The van der Waals surface area contributed by atoms with Crippen molar-refractivity contribution in [3.05, 3.63) is 62.0 Å². The van der Waals surface area contributed by atoms with E-state index in [0.717, 1.165) is 19.5 Å². The summed E-state index contributed by atoms with van der Waals surface area (Å²) in [6, 6.07) is 12.6. The van der Waals surface area contributed by atoms with Gasteiger partial charge in [0.15, 0.2) is 0 Å². The number of halogens is 1. The van der Waals surface area contributed by atoms with Gasteiger partial charge in [-0.05, 0) is 65.4 Å². The Labute approximate surface area is 145 Å². The molecule has 0 saturated carbocycles. The van der Waals surface area contributed by atoms with E-state index >= 15 is 0 Å². The quantitative estimate of drug-likeness (QED) is 0.661. The van der Waals surface area contributed by atoms with E-state index in [1.54, 1.807) is 24.3 Å². The fourth-order valence-electron chi connectivity index (χ4n) is 2.22. The Kier molecular flexibility index (Phi) is 4.37. The zero-order valence-corrected chi connectivity index (χ0v) is 14.4. The zero-order chi connectivity index (χ0) is 16.4. The van der Waals surface area contributed by atoms with E-state index in [0.29, 0.717) is 10.9 Å². The molecule has 3 aromatic rings. The smallest absolute Gasteiger partial charge is 0.278 e. The number of hydrogen-bond acceptors (Lipinski definition) is 4. The van der Waals surface area contributed by atoms with Crippen molar-refractivity contribution in [3.8, 4) is 0 Å². The van der Waals surface area contributed by atoms with Crippen LogP contribution in [0.15, 0.2) is 47.3 Å². The van der Waals surface area contributed by atoms with Crippen molar-refractivity contribution in [3.63, 3.8) is 0 Å². The van der Waals surface area contributed by atoms with Gasteiger partial charge in [-0.15, -0.1) is 5.10 Å². The molecule has 3 rings (SSSR count). The summed E-state index contributed by atoms with van der Waals surface area (Å²) in [5, 5.41) is 11.0. The first-order chi connectivity index (χ1) is 11.0. The van der Waals surface area contributed by atoms with Gasteiger partial charge in [-0.1, -0.05) is 17.3 Å². The summed E-state index contributed by atoms with van der Waals surface area (Å²) in [5.41, 5.74) is 1.87. The third-order valence-corrected chi connectivity index (χ3v) is 4.06. The van der Waals surface area contributed by atoms with Crippen LogP contribution in [0.25, 0.3) is 10.9 Å². The molecule has 7 heteroatoms. The van der Waals surface area contributed by atoms with E-state index in [1.807, 2.05) is 25.1 Å². The van der Waals surface area contributed by atoms with Gasteiger partial charge in [-0.2, -0.15) is 0 Å². The van der Waals surface area contributed by atoms with Crippen LogP contribution < -0.4 is 10.9 Å². The van der Waals surface area contributed by atoms with E-state index in [-0.39, 0.29) is 18.0 Å². The van der Waals surface area contributed by atoms with Crippen LogP contribution in [0.3, 0.4) is 0 Å². The molecule has 0 unspecified atom stereocenters. The Morgan fingerprint density at radius 3 is 2.83 bits per heavy atom. The van der Waals surface area contributed by atoms with Crippen molar-refractivity contribution in [1.29, 1.82) is 0 Å². The van der Waals surface area contributed by atoms with Gasteiger partial charge in [0.05, 0.1) is 5.39 Å². The molecule has 1 aromatic heterocycles. The second-order valence-corrected chi connectivity index (χ2v) is 6.32. The predicted molar refractivity (Wildman–Crippen MR) is 96.3 cm³/mol. The predicted octanol–water partition coefficient (Wildman–Crippen LogP) is 2.34. The van der Waals surface area contributed by atoms with Crippen molar-refractivity contribution in [2.75, 3.05) is 5.32 Å². The van der Waals surface area contributed by atoms with Gasteiger partial charge in [-0.3, -0.25) is 9.59 Å². The number of anilines is 1. The minimum Gasteiger partial charge on any atom is -0.324 e. The van der Waals surface area contributed by atoms with Crippen molar-refractivity contribution >= 4 is 45.1 Å². The minimum atomic E-state index is -0.329. The molecule has 6 nitrogen and oxygen atoms in total. The third kappa shape index (κ3) is 3.39. The highest BCUT2D eigenvalue weighted by atomic mass is 127. The first kappa shape index (κ1) is 15.6. The molecule has 0 spiro atoms. The highest BCUT2D eigenvalue weighted by molar-refractivity contribution is 14.1. The number of aryl methyl sites for hydroxylation is 1. The molecule has 0 aliphatic carbocycles. The molecule has 0 aliphatic rings. The van der Waals surface area contributed by atoms with Gasteiger partial charge in [-0.25, -0.2) is 4.68 Å². The van der Waals surface area contributed by atoms with Gasteiger partial charge in [0, 0.05) is 9.26 Å². The monoisotopic (exact) mass is 420 g/mol. The number of benzene rings is 2. The maximum Gasteiger partial charge on any atom is 0.278 e. The first-order valence-electron chi connectivity index (χ1n) is 6.93. The van der Waals surface area contributed by atoms with E-state index in [4.69, 9.17) is 0 Å². The lowest BCUT2D eigenvalue weighted by Gasteiger charge is -2.09. The molecule has 2 aromatic carbocycles. The van der Waals surface area contributed by atoms with Crippen LogP contribution in [-0.4, -0.2) is 20.9 Å². The summed E-state index contributed by atoms with van der Waals surface area (Å²) in [6.45, 7) is 1.74. The Morgan fingerprint density at radius 2 is 2.04 bits per heavy atom. The molecule has 116 valence electrons. The molecular weight excluding hydrogens is 407 g/mol. The molecule has 23 heavy (non-hydrogen) atoms. The first-order valence-corrected chi connectivity index (χ1v) is 8.01. The summed E-state index contributed by atoms with van der Waals surface area (Å²) >= 11 is 2.21. The number of carbonyl (C=O) groups is 1. The van der Waals surface area contributed by atoms with Crippen molar-refractivity contribution in [2.45, 2.75) is 13.5 Å². The summed E-state index contributed by atoms with van der Waals surface area (Å²) in [6.07, 6.45) is 0. The van der Waals surface area contributed by atoms with Gasteiger partial charge in [0.1, 0.15) is 12.1 Å². The summed E-state index contributed by atoms with van der Waals surface area (Å²) < 4.78 is 2.16. The standard InChI is InChI=1S/C16H13IN4O2/c1-10-8-11(17)6-7-13(10)18-15(22)9-21-16(23)12-4-2-3-5-14(12)19-20-21/h2-8H,9H2,1H3,(H,18,22). The molecule has 1 heterocycles. The summed E-state index contributed by atoms with van der Waals surface area (Å²) in [5.74, 6) is -0.319. The van der Waals surface area contributed by atoms with Gasteiger partial charge in [0.25, 0.3) is 5.56 Å². The van der Waals surface area contributed by atoms with Crippen LogP contribution in [0.4, 0.5) is 5.69 Å². The lowest BCUT2D eigenvalue weighted by Crippen LogP contribution is -2.30. The number of hydrogen-bond donors (Lipinski definition) is 1. The van der Waals surface area contributed by atoms with E-state index in [2.05, 4.69) is 38.2 Å². The van der Waals surface area contributed by atoms with Crippen LogP contribution in [-0.2, 0) is 11.3 Å². The number of rotatable bonds is 3. The molecule has 0 bridgehead atoms. The molecule has 0 atom stereocenters. The van der Waals surface area contributed by atoms with Crippen molar-refractivity contribution in [2.24, 2.45) is 0 Å². The van der Waals surface area contributed by atoms with E-state index in [9.17, 15) is 9.59 Å². The fourth-order valence-corrected chi connectivity index (χ4v) is 2.87. The Bertz CT molecular complexity index is 952. The highest BCUT2D eigenvalue weighted by Gasteiger charge is 2.10. The normalized spacial score (nSPS) is 10.7. The molecule has 0 aliphatic heterocycles. The lowest BCUT2D eigenvalue weighted by molar-refractivity contribution is -0.117. The second-order valence-electron chi connectivity index (χ2n) is 5.08. The minimum absolute atomic E-state index is 0.178. The zero-order valence-electron chi connectivity index (χ0n) is 12.3. The summed E-state index contributed by atoms with van der Waals surface area (Å²) in [4.78, 5) is 24.5. The molecule has 0 saturated heterocycles. The van der Waals surface area contributed by atoms with Crippen LogP contribution in [0, 0.1) is 10.5 Å². The van der Waals surface area contributed by atoms with Crippen LogP contribution >= 0.6 is 22.6 Å². The maximum absolute atomic E-state index is 12.3. The highest BCUT2D eigenvalue weighted by Crippen LogP contribution is 2.17. The van der Waals surface area contributed by atoms with E-state index in [1.165, 1.54) is 0 Å². The number of carbonyl (C=O) groups excluding carboxylic acids is 1. The second kappa shape index (κ2) is 6.45. The van der Waals surface area contributed by atoms with Crippen molar-refractivity contribution < 1.29 is 4.79 Å². The lowest BCUT2D eigenvalue weighted by atomic mass is 10.2. The molecule has 1 N–H and O–H groups in total. The van der Waals surface area contributed by atoms with Crippen LogP contribution in [0.2, 0.25) is 0 Å². The van der Waals surface area contributed by atoms with Gasteiger partial charge in [0.2, 0.25) is 5.91 Å². The molecule has 0 radical (unpaired) electrons. The number of aromatic nitrogens is 3. The number of nitrogens with zero attached hydrogens (tertiary/aromatic N) is 3.